The molecule has 0 saturated carbocycles. The number of carbonyl (C=O) groups is 1. The predicted octanol–water partition coefficient (Wildman–Crippen LogP) is 2.53. The number of hydrogen-bond acceptors (Lipinski definition) is 4. The number of halogens is 1. The van der Waals surface area contributed by atoms with Gasteiger partial charge in [0.15, 0.2) is 0 Å². The summed E-state index contributed by atoms with van der Waals surface area (Å²) in [6.45, 7) is 2.45. The Morgan fingerprint density at radius 2 is 2.09 bits per heavy atom. The van der Waals surface area contributed by atoms with Gasteiger partial charge < -0.3 is 10.2 Å². The second-order valence-corrected chi connectivity index (χ2v) is 5.33. The third-order valence-corrected chi connectivity index (χ3v) is 3.76. The molecule has 1 saturated heterocycles. The number of nitrogens with zero attached hydrogens (tertiary/aromatic N) is 3. The van der Waals surface area contributed by atoms with Gasteiger partial charge in [-0.25, -0.2) is 14.4 Å². The number of piperidine rings is 1. The molecule has 1 unspecified atom stereocenters. The summed E-state index contributed by atoms with van der Waals surface area (Å²) in [6, 6.07) is 5.85. The number of carbonyl (C=O) groups excluding carboxylic acids is 1. The smallest absolute Gasteiger partial charge is 0.249 e. The van der Waals surface area contributed by atoms with Gasteiger partial charge in [0, 0.05) is 24.6 Å². The topological polar surface area (TPSA) is 58.1 Å². The second-order valence-electron chi connectivity index (χ2n) is 5.33. The van der Waals surface area contributed by atoms with Crippen molar-refractivity contribution < 1.29 is 9.18 Å². The first-order valence-corrected chi connectivity index (χ1v) is 7.26. The number of rotatable bonds is 3. The molecular weight excluding hydrogens is 283 g/mol. The van der Waals surface area contributed by atoms with E-state index in [1.54, 1.807) is 29.4 Å². The van der Waals surface area contributed by atoms with Gasteiger partial charge >= 0.3 is 0 Å². The summed E-state index contributed by atoms with van der Waals surface area (Å²) in [5, 5.41) is 3.07. The maximum Gasteiger partial charge on any atom is 0.249 e. The average molecular weight is 300 g/mol. The fraction of sp³-hybridized carbons (Fsp3) is 0.312. The second kappa shape index (κ2) is 6.09. The highest BCUT2D eigenvalue weighted by Gasteiger charge is 2.30. The molecule has 114 valence electrons. The molecule has 5 nitrogen and oxygen atoms in total. The lowest BCUT2D eigenvalue weighted by atomic mass is 10.0. The van der Waals surface area contributed by atoms with Crippen molar-refractivity contribution in [1.82, 2.24) is 9.97 Å². The van der Waals surface area contributed by atoms with Crippen molar-refractivity contribution in [2.24, 2.45) is 0 Å². The van der Waals surface area contributed by atoms with Gasteiger partial charge in [0.1, 0.15) is 11.9 Å². The molecule has 1 aliphatic rings. The molecule has 22 heavy (non-hydrogen) atoms. The van der Waals surface area contributed by atoms with Crippen molar-refractivity contribution in [3.63, 3.8) is 0 Å². The Morgan fingerprint density at radius 3 is 2.82 bits per heavy atom. The van der Waals surface area contributed by atoms with Crippen molar-refractivity contribution in [3.8, 4) is 0 Å². The van der Waals surface area contributed by atoms with E-state index in [0.29, 0.717) is 12.5 Å². The van der Waals surface area contributed by atoms with Gasteiger partial charge in [-0.05, 0) is 49.6 Å². The van der Waals surface area contributed by atoms with Crippen LogP contribution in [0.5, 0.6) is 0 Å². The maximum absolute atomic E-state index is 13.2. The molecule has 1 aliphatic heterocycles. The molecule has 1 N–H and O–H groups in total. The Bertz CT molecular complexity index is 677. The van der Waals surface area contributed by atoms with E-state index in [0.717, 1.165) is 24.1 Å². The van der Waals surface area contributed by atoms with Crippen LogP contribution in [0.3, 0.4) is 0 Å². The number of benzene rings is 1. The van der Waals surface area contributed by atoms with Gasteiger partial charge in [0.05, 0.1) is 0 Å². The first-order valence-electron chi connectivity index (χ1n) is 7.26. The first-order chi connectivity index (χ1) is 10.6. The Morgan fingerprint density at radius 1 is 1.32 bits per heavy atom. The number of aryl methyl sites for hydroxylation is 1. The Labute approximate surface area is 128 Å². The third kappa shape index (κ3) is 2.90. The normalized spacial score (nSPS) is 18.4. The first kappa shape index (κ1) is 14.4. The monoisotopic (exact) mass is 300 g/mol. The lowest BCUT2D eigenvalue weighted by Crippen LogP contribution is -2.48. The van der Waals surface area contributed by atoms with E-state index in [-0.39, 0.29) is 17.8 Å². The molecule has 1 atom stereocenters. The van der Waals surface area contributed by atoms with Crippen LogP contribution in [-0.2, 0) is 4.79 Å². The molecular formula is C16H17FN4O. The molecule has 1 fully saturated rings. The summed E-state index contributed by atoms with van der Waals surface area (Å²) in [6.07, 6.45) is 4.86. The quantitative estimate of drug-likeness (QED) is 0.946. The van der Waals surface area contributed by atoms with Crippen LogP contribution in [0, 0.1) is 12.7 Å². The molecule has 2 aromatic rings. The van der Waals surface area contributed by atoms with Crippen LogP contribution >= 0.6 is 0 Å². The predicted molar refractivity (Wildman–Crippen MR) is 82.2 cm³/mol. The molecule has 1 amide bonds. The number of anilines is 2. The van der Waals surface area contributed by atoms with Crippen LogP contribution in [0.1, 0.15) is 18.4 Å². The van der Waals surface area contributed by atoms with Crippen LogP contribution in [0.25, 0.3) is 0 Å². The minimum Gasteiger partial charge on any atom is -0.342 e. The van der Waals surface area contributed by atoms with E-state index in [4.69, 9.17) is 0 Å². The van der Waals surface area contributed by atoms with E-state index in [2.05, 4.69) is 15.3 Å². The Kier molecular flexibility index (Phi) is 4.00. The molecule has 0 aliphatic carbocycles. The van der Waals surface area contributed by atoms with E-state index in [1.165, 1.54) is 12.1 Å². The molecule has 6 heteroatoms. The summed E-state index contributed by atoms with van der Waals surface area (Å²) < 4.78 is 13.2. The van der Waals surface area contributed by atoms with Gasteiger partial charge in [-0.1, -0.05) is 0 Å². The summed E-state index contributed by atoms with van der Waals surface area (Å²) in [4.78, 5) is 22.6. The zero-order valence-electron chi connectivity index (χ0n) is 12.3. The Hall–Kier alpha value is -2.50. The van der Waals surface area contributed by atoms with Crippen LogP contribution in [0.2, 0.25) is 0 Å². The zero-order chi connectivity index (χ0) is 15.5. The standard InChI is InChI=1S/C16H17FN4O/c1-11-10-12(17)5-6-14(11)21-9-2-4-13(15(21)22)20-16-18-7-3-8-19-16/h3,5-8,10,13H,2,4,9H2,1H3,(H,18,19,20). The lowest BCUT2D eigenvalue weighted by molar-refractivity contribution is -0.120. The highest BCUT2D eigenvalue weighted by atomic mass is 19.1. The maximum atomic E-state index is 13.2. The number of hydrogen-bond donors (Lipinski definition) is 1. The van der Waals surface area contributed by atoms with Crippen molar-refractivity contribution >= 4 is 17.5 Å². The van der Waals surface area contributed by atoms with Gasteiger partial charge in [0.25, 0.3) is 0 Å². The molecule has 0 radical (unpaired) electrons. The number of aromatic nitrogens is 2. The zero-order valence-corrected chi connectivity index (χ0v) is 12.3. The fourth-order valence-corrected chi connectivity index (χ4v) is 2.70. The highest BCUT2D eigenvalue weighted by molar-refractivity contribution is 5.99. The van der Waals surface area contributed by atoms with Gasteiger partial charge in [-0.2, -0.15) is 0 Å². The van der Waals surface area contributed by atoms with Crippen molar-refractivity contribution in [2.45, 2.75) is 25.8 Å². The third-order valence-electron chi connectivity index (χ3n) is 3.76. The molecule has 0 spiro atoms. The summed E-state index contributed by atoms with van der Waals surface area (Å²) in [7, 11) is 0. The van der Waals surface area contributed by atoms with Crippen LogP contribution in [0.4, 0.5) is 16.0 Å². The molecule has 3 rings (SSSR count). The van der Waals surface area contributed by atoms with E-state index in [9.17, 15) is 9.18 Å². The number of nitrogens with one attached hydrogen (secondary N) is 1. The lowest BCUT2D eigenvalue weighted by Gasteiger charge is -2.33. The summed E-state index contributed by atoms with van der Waals surface area (Å²) in [5.41, 5.74) is 1.51. The molecule has 1 aromatic carbocycles. The molecule has 1 aromatic heterocycles. The molecule has 0 bridgehead atoms. The fourth-order valence-electron chi connectivity index (χ4n) is 2.70. The van der Waals surface area contributed by atoms with E-state index < -0.39 is 0 Å². The minimum atomic E-state index is -0.361. The van der Waals surface area contributed by atoms with Crippen molar-refractivity contribution in [3.05, 3.63) is 48.0 Å². The van der Waals surface area contributed by atoms with Crippen LogP contribution in [0.15, 0.2) is 36.7 Å². The van der Waals surface area contributed by atoms with Gasteiger partial charge in [0.2, 0.25) is 11.9 Å². The van der Waals surface area contributed by atoms with E-state index >= 15 is 0 Å². The van der Waals surface area contributed by atoms with E-state index in [1.807, 2.05) is 6.92 Å². The largest absolute Gasteiger partial charge is 0.342 e. The van der Waals surface area contributed by atoms with Crippen LogP contribution in [-0.4, -0.2) is 28.5 Å². The number of amides is 1. The highest BCUT2D eigenvalue weighted by Crippen LogP contribution is 2.26. The molecule has 2 heterocycles. The summed E-state index contributed by atoms with van der Waals surface area (Å²) in [5.74, 6) is 0.116. The van der Waals surface area contributed by atoms with Gasteiger partial charge in [-0.15, -0.1) is 0 Å². The minimum absolute atomic E-state index is 0.0339. The van der Waals surface area contributed by atoms with Gasteiger partial charge in [-0.3, -0.25) is 4.79 Å². The summed E-state index contributed by atoms with van der Waals surface area (Å²) >= 11 is 0. The SMILES string of the molecule is Cc1cc(F)ccc1N1CCCC(Nc2ncccn2)C1=O. The van der Waals surface area contributed by atoms with Crippen molar-refractivity contribution in [2.75, 3.05) is 16.8 Å². The average Bonchev–Trinajstić information content (AvgIpc) is 2.51. The van der Waals surface area contributed by atoms with Crippen LogP contribution < -0.4 is 10.2 Å². The van der Waals surface area contributed by atoms with Crippen molar-refractivity contribution in [1.29, 1.82) is 0 Å². The Balaban J connectivity index is 1.80.